The fourth-order valence-electron chi connectivity index (χ4n) is 2.49. The Morgan fingerprint density at radius 2 is 1.96 bits per heavy atom. The summed E-state index contributed by atoms with van der Waals surface area (Å²) in [5, 5.41) is 4.31. The first-order valence-corrected chi connectivity index (χ1v) is 8.39. The normalized spacial score (nSPS) is 12.0. The number of pyridine rings is 1. The highest BCUT2D eigenvalue weighted by Gasteiger charge is 2.01. The predicted octanol–water partition coefficient (Wildman–Crippen LogP) is 4.24. The first kappa shape index (κ1) is 17.7. The first-order chi connectivity index (χ1) is 11.6. The molecule has 0 aliphatic carbocycles. The van der Waals surface area contributed by atoms with E-state index in [1.54, 1.807) is 12.3 Å². The van der Waals surface area contributed by atoms with Gasteiger partial charge < -0.3 is 5.73 Å². The van der Waals surface area contributed by atoms with Crippen LogP contribution in [0.15, 0.2) is 57.9 Å². The molecule has 4 heteroatoms. The van der Waals surface area contributed by atoms with E-state index in [-0.39, 0.29) is 5.56 Å². The van der Waals surface area contributed by atoms with Crippen LogP contribution in [0.4, 0.5) is 5.82 Å². The SMILES string of the molecule is CCCCCC(/C=N\n1c(N)cc(C)cc1=O)=C\c1ccccc1. The molecule has 0 fully saturated rings. The van der Waals surface area contributed by atoms with Gasteiger partial charge in [-0.15, -0.1) is 0 Å². The zero-order valence-corrected chi connectivity index (χ0v) is 14.4. The molecular weight excluding hydrogens is 298 g/mol. The summed E-state index contributed by atoms with van der Waals surface area (Å²) in [6.07, 6.45) is 8.21. The number of unbranched alkanes of at least 4 members (excludes halogenated alkanes) is 2. The van der Waals surface area contributed by atoms with Gasteiger partial charge in [0.15, 0.2) is 0 Å². The average molecular weight is 323 g/mol. The Balaban J connectivity index is 2.28. The van der Waals surface area contributed by atoms with E-state index in [0.717, 1.165) is 29.5 Å². The third-order valence-corrected chi connectivity index (χ3v) is 3.74. The highest BCUT2D eigenvalue weighted by atomic mass is 16.1. The fourth-order valence-corrected chi connectivity index (χ4v) is 2.49. The number of benzene rings is 1. The lowest BCUT2D eigenvalue weighted by atomic mass is 10.1. The van der Waals surface area contributed by atoms with Crippen molar-refractivity contribution >= 4 is 18.1 Å². The van der Waals surface area contributed by atoms with E-state index in [4.69, 9.17) is 5.73 Å². The van der Waals surface area contributed by atoms with Crippen molar-refractivity contribution in [3.8, 4) is 0 Å². The molecule has 2 aromatic rings. The third-order valence-electron chi connectivity index (χ3n) is 3.74. The second-order valence-electron chi connectivity index (χ2n) is 5.94. The molecule has 24 heavy (non-hydrogen) atoms. The highest BCUT2D eigenvalue weighted by molar-refractivity contribution is 5.85. The third kappa shape index (κ3) is 5.23. The van der Waals surface area contributed by atoms with Gasteiger partial charge in [0.05, 0.1) is 6.21 Å². The zero-order valence-electron chi connectivity index (χ0n) is 14.4. The molecule has 0 saturated carbocycles. The molecule has 2 rings (SSSR count). The number of hydrogen-bond acceptors (Lipinski definition) is 3. The minimum Gasteiger partial charge on any atom is -0.384 e. The maximum absolute atomic E-state index is 12.0. The first-order valence-electron chi connectivity index (χ1n) is 8.39. The molecule has 126 valence electrons. The molecule has 1 heterocycles. The summed E-state index contributed by atoms with van der Waals surface area (Å²) in [5.41, 5.74) is 8.75. The van der Waals surface area contributed by atoms with Crippen molar-refractivity contribution in [3.63, 3.8) is 0 Å². The van der Waals surface area contributed by atoms with Crippen LogP contribution >= 0.6 is 0 Å². The number of rotatable bonds is 7. The van der Waals surface area contributed by atoms with Crippen LogP contribution in [0.1, 0.15) is 43.7 Å². The molecule has 1 aromatic carbocycles. The van der Waals surface area contributed by atoms with Gasteiger partial charge in [-0.1, -0.05) is 56.2 Å². The van der Waals surface area contributed by atoms with Crippen molar-refractivity contribution in [2.24, 2.45) is 5.10 Å². The Labute approximate surface area is 143 Å². The van der Waals surface area contributed by atoms with E-state index < -0.39 is 0 Å². The lowest BCUT2D eigenvalue weighted by Crippen LogP contribution is -2.19. The number of aryl methyl sites for hydroxylation is 1. The van der Waals surface area contributed by atoms with E-state index in [1.807, 2.05) is 25.1 Å². The minimum absolute atomic E-state index is 0.212. The van der Waals surface area contributed by atoms with Crippen LogP contribution in [0, 0.1) is 6.92 Å². The van der Waals surface area contributed by atoms with Gasteiger partial charge in [-0.3, -0.25) is 4.79 Å². The lowest BCUT2D eigenvalue weighted by Gasteiger charge is -2.06. The summed E-state index contributed by atoms with van der Waals surface area (Å²) in [4.78, 5) is 12.0. The van der Waals surface area contributed by atoms with E-state index >= 15 is 0 Å². The number of anilines is 1. The fraction of sp³-hybridized carbons (Fsp3) is 0.300. The van der Waals surface area contributed by atoms with E-state index in [9.17, 15) is 4.79 Å². The van der Waals surface area contributed by atoms with Crippen LogP contribution < -0.4 is 11.3 Å². The second kappa shape index (κ2) is 8.87. The topological polar surface area (TPSA) is 60.4 Å². The summed E-state index contributed by atoms with van der Waals surface area (Å²) >= 11 is 0. The molecule has 0 atom stereocenters. The highest BCUT2D eigenvalue weighted by Crippen LogP contribution is 2.13. The van der Waals surface area contributed by atoms with E-state index in [1.165, 1.54) is 23.6 Å². The van der Waals surface area contributed by atoms with Crippen LogP contribution in [0.3, 0.4) is 0 Å². The summed E-state index contributed by atoms with van der Waals surface area (Å²) in [6, 6.07) is 13.4. The van der Waals surface area contributed by atoms with Crippen molar-refractivity contribution in [2.45, 2.75) is 39.5 Å². The average Bonchev–Trinajstić information content (AvgIpc) is 2.54. The summed E-state index contributed by atoms with van der Waals surface area (Å²) < 4.78 is 1.24. The molecule has 0 saturated heterocycles. The maximum Gasteiger partial charge on any atom is 0.273 e. The van der Waals surface area contributed by atoms with E-state index in [0.29, 0.717) is 5.82 Å². The molecule has 4 nitrogen and oxygen atoms in total. The van der Waals surface area contributed by atoms with Gasteiger partial charge in [0, 0.05) is 6.07 Å². The van der Waals surface area contributed by atoms with Gasteiger partial charge in [-0.25, -0.2) is 0 Å². The van der Waals surface area contributed by atoms with Gasteiger partial charge in [-0.05, 0) is 42.5 Å². The Bertz CT molecular complexity index is 773. The van der Waals surface area contributed by atoms with Crippen LogP contribution in [-0.4, -0.2) is 10.9 Å². The quantitative estimate of drug-likeness (QED) is 0.612. The molecule has 0 unspecified atom stereocenters. The predicted molar refractivity (Wildman–Crippen MR) is 102 cm³/mol. The molecule has 0 radical (unpaired) electrons. The molecule has 0 aliphatic heterocycles. The van der Waals surface area contributed by atoms with Gasteiger partial charge in [-0.2, -0.15) is 9.78 Å². The lowest BCUT2D eigenvalue weighted by molar-refractivity contribution is 0.723. The van der Waals surface area contributed by atoms with Gasteiger partial charge in [0.2, 0.25) is 0 Å². The van der Waals surface area contributed by atoms with Crippen molar-refractivity contribution in [2.75, 3.05) is 5.73 Å². The molecule has 0 aliphatic rings. The molecule has 0 spiro atoms. The van der Waals surface area contributed by atoms with Crippen LogP contribution in [0.25, 0.3) is 6.08 Å². The molecule has 1 aromatic heterocycles. The van der Waals surface area contributed by atoms with Crippen LogP contribution in [0.2, 0.25) is 0 Å². The maximum atomic E-state index is 12.0. The Kier molecular flexibility index (Phi) is 6.55. The summed E-state index contributed by atoms with van der Waals surface area (Å²) in [5.74, 6) is 0.351. The Hall–Kier alpha value is -2.62. The van der Waals surface area contributed by atoms with Crippen molar-refractivity contribution in [3.05, 3.63) is 69.5 Å². The number of nitrogen functional groups attached to an aromatic ring is 1. The van der Waals surface area contributed by atoms with Crippen molar-refractivity contribution in [1.29, 1.82) is 0 Å². The second-order valence-corrected chi connectivity index (χ2v) is 5.94. The van der Waals surface area contributed by atoms with Crippen LogP contribution in [-0.2, 0) is 0 Å². The van der Waals surface area contributed by atoms with Gasteiger partial charge >= 0.3 is 0 Å². The molecule has 0 bridgehead atoms. The number of nitrogens with zero attached hydrogens (tertiary/aromatic N) is 2. The largest absolute Gasteiger partial charge is 0.384 e. The number of nitrogens with two attached hydrogens (primary N) is 1. The Morgan fingerprint density at radius 3 is 2.62 bits per heavy atom. The zero-order chi connectivity index (χ0) is 17.4. The minimum atomic E-state index is -0.212. The summed E-state index contributed by atoms with van der Waals surface area (Å²) in [6.45, 7) is 4.03. The van der Waals surface area contributed by atoms with Gasteiger partial charge in [0.25, 0.3) is 5.56 Å². The molecule has 0 amide bonds. The summed E-state index contributed by atoms with van der Waals surface area (Å²) in [7, 11) is 0. The molecule has 2 N–H and O–H groups in total. The number of allylic oxidation sites excluding steroid dienone is 1. The molecular formula is C20H25N3O. The van der Waals surface area contributed by atoms with Crippen LogP contribution in [0.5, 0.6) is 0 Å². The standard InChI is InChI=1S/C20H25N3O/c1-3-4-6-11-18(14-17-9-7-5-8-10-17)15-22-23-19(21)12-16(2)13-20(23)24/h5,7-10,12-15H,3-4,6,11,21H2,1-2H3/b18-14+,22-15-. The Morgan fingerprint density at radius 1 is 1.21 bits per heavy atom. The van der Waals surface area contributed by atoms with Crippen molar-refractivity contribution < 1.29 is 0 Å². The van der Waals surface area contributed by atoms with E-state index in [2.05, 4.69) is 30.2 Å². The van der Waals surface area contributed by atoms with Gasteiger partial charge in [0.1, 0.15) is 5.82 Å². The monoisotopic (exact) mass is 323 g/mol. The van der Waals surface area contributed by atoms with Crippen molar-refractivity contribution in [1.82, 2.24) is 4.68 Å². The number of hydrogen-bond donors (Lipinski definition) is 1. The number of aromatic nitrogens is 1. The smallest absolute Gasteiger partial charge is 0.273 e.